The van der Waals surface area contributed by atoms with Crippen molar-refractivity contribution < 1.29 is 5.11 Å². The predicted molar refractivity (Wildman–Crippen MR) is 107 cm³/mol. The number of nitrogens with one attached hydrogen (secondary N) is 1. The van der Waals surface area contributed by atoms with Crippen molar-refractivity contribution in [3.8, 4) is 17.0 Å². The molecule has 0 unspecified atom stereocenters. The molecule has 0 fully saturated rings. The average Bonchev–Trinajstić information content (AvgIpc) is 2.97. The molecule has 0 saturated carbocycles. The van der Waals surface area contributed by atoms with E-state index >= 15 is 0 Å². The van der Waals surface area contributed by atoms with Crippen molar-refractivity contribution in [1.29, 1.82) is 0 Å². The molecule has 0 amide bonds. The zero-order chi connectivity index (χ0) is 18.3. The number of pyridine rings is 1. The van der Waals surface area contributed by atoms with Gasteiger partial charge in [-0.2, -0.15) is 0 Å². The lowest BCUT2D eigenvalue weighted by molar-refractivity contribution is 0.477. The third-order valence-electron chi connectivity index (χ3n) is 4.26. The Kier molecular flexibility index (Phi) is 4.23. The highest BCUT2D eigenvalue weighted by Crippen LogP contribution is 2.37. The van der Waals surface area contributed by atoms with Gasteiger partial charge in [-0.15, -0.1) is 0 Å². The van der Waals surface area contributed by atoms with Crippen LogP contribution in [0.1, 0.15) is 5.56 Å². The van der Waals surface area contributed by atoms with E-state index < -0.39 is 0 Å². The van der Waals surface area contributed by atoms with Crippen molar-refractivity contribution in [1.82, 2.24) is 9.38 Å². The highest BCUT2D eigenvalue weighted by atomic mass is 35.5. The van der Waals surface area contributed by atoms with E-state index in [0.29, 0.717) is 27.1 Å². The number of aromatic hydroxyl groups is 1. The summed E-state index contributed by atoms with van der Waals surface area (Å²) < 4.78 is 1.87. The fraction of sp³-hybridized carbons (Fsp3) is 0.0500. The zero-order valence-electron chi connectivity index (χ0n) is 13.9. The van der Waals surface area contributed by atoms with Gasteiger partial charge in [-0.3, -0.25) is 4.40 Å². The number of phenolic OH excluding ortho intramolecular Hbond substituents is 1. The first-order valence-electron chi connectivity index (χ1n) is 8.02. The van der Waals surface area contributed by atoms with Crippen molar-refractivity contribution in [3.05, 3.63) is 76.4 Å². The second kappa shape index (κ2) is 6.56. The summed E-state index contributed by atoms with van der Waals surface area (Å²) in [5.41, 5.74) is 3.76. The Morgan fingerprint density at radius 1 is 1.00 bits per heavy atom. The van der Waals surface area contributed by atoms with Crippen LogP contribution < -0.4 is 5.32 Å². The molecule has 2 heterocycles. The Morgan fingerprint density at radius 3 is 2.62 bits per heavy atom. The van der Waals surface area contributed by atoms with Crippen molar-refractivity contribution in [2.45, 2.75) is 6.92 Å². The van der Waals surface area contributed by atoms with Crippen LogP contribution in [0, 0.1) is 6.92 Å². The van der Waals surface area contributed by atoms with E-state index in [2.05, 4.69) is 10.3 Å². The largest absolute Gasteiger partial charge is 0.507 e. The van der Waals surface area contributed by atoms with Gasteiger partial charge in [-0.25, -0.2) is 4.98 Å². The van der Waals surface area contributed by atoms with Gasteiger partial charge in [-0.1, -0.05) is 41.4 Å². The van der Waals surface area contributed by atoms with Gasteiger partial charge in [0, 0.05) is 22.5 Å². The lowest BCUT2D eigenvalue weighted by Gasteiger charge is -2.13. The molecule has 0 aliphatic carbocycles. The van der Waals surface area contributed by atoms with Crippen LogP contribution in [-0.4, -0.2) is 14.5 Å². The van der Waals surface area contributed by atoms with Gasteiger partial charge in [0.05, 0.1) is 5.02 Å². The number of anilines is 2. The lowest BCUT2D eigenvalue weighted by Crippen LogP contribution is -1.99. The van der Waals surface area contributed by atoms with Crippen molar-refractivity contribution >= 4 is 40.4 Å². The highest BCUT2D eigenvalue weighted by Gasteiger charge is 2.18. The number of nitrogens with zero attached hydrogens (tertiary/aromatic N) is 2. The summed E-state index contributed by atoms with van der Waals surface area (Å²) in [7, 11) is 0. The van der Waals surface area contributed by atoms with Crippen LogP contribution in [-0.2, 0) is 0 Å². The molecule has 0 bridgehead atoms. The number of fused-ring (bicyclic) bond motifs is 1. The molecule has 0 radical (unpaired) electrons. The van der Waals surface area contributed by atoms with E-state index in [0.717, 1.165) is 16.9 Å². The maximum absolute atomic E-state index is 10.3. The molecular weight excluding hydrogens is 369 g/mol. The second-order valence-electron chi connectivity index (χ2n) is 5.94. The Hall–Kier alpha value is -2.69. The molecule has 2 aromatic heterocycles. The number of halogens is 2. The van der Waals surface area contributed by atoms with Crippen LogP contribution in [0.2, 0.25) is 10.0 Å². The monoisotopic (exact) mass is 383 g/mol. The molecule has 0 saturated heterocycles. The number of benzene rings is 2. The third-order valence-corrected chi connectivity index (χ3v) is 4.90. The molecule has 0 spiro atoms. The molecule has 130 valence electrons. The third kappa shape index (κ3) is 2.87. The number of aromatic nitrogens is 2. The molecule has 4 rings (SSSR count). The highest BCUT2D eigenvalue weighted by molar-refractivity contribution is 6.31. The number of hydrogen-bond donors (Lipinski definition) is 2. The van der Waals surface area contributed by atoms with Crippen LogP contribution in [0.3, 0.4) is 0 Å². The number of phenols is 1. The summed E-state index contributed by atoms with van der Waals surface area (Å²) in [6.07, 6.45) is 1.79. The molecule has 6 heteroatoms. The van der Waals surface area contributed by atoms with Crippen LogP contribution in [0.25, 0.3) is 16.9 Å². The summed E-state index contributed by atoms with van der Waals surface area (Å²) in [5, 5.41) is 15.0. The Balaban J connectivity index is 1.96. The van der Waals surface area contributed by atoms with Crippen molar-refractivity contribution in [2.24, 2.45) is 0 Å². The van der Waals surface area contributed by atoms with E-state index in [1.807, 2.05) is 47.7 Å². The van der Waals surface area contributed by atoms with E-state index in [-0.39, 0.29) is 5.75 Å². The summed E-state index contributed by atoms with van der Waals surface area (Å²) >= 11 is 12.4. The normalized spacial score (nSPS) is 11.0. The van der Waals surface area contributed by atoms with E-state index in [4.69, 9.17) is 23.2 Å². The minimum atomic E-state index is 0.160. The molecule has 4 aromatic rings. The lowest BCUT2D eigenvalue weighted by atomic mass is 10.1. The Labute approximate surface area is 160 Å². The summed E-state index contributed by atoms with van der Waals surface area (Å²) in [5.74, 6) is 0.863. The quantitative estimate of drug-likeness (QED) is 0.451. The smallest absolute Gasteiger partial charge is 0.143 e. The maximum atomic E-state index is 10.3. The molecule has 0 atom stereocenters. The van der Waals surface area contributed by atoms with Gasteiger partial charge in [0.1, 0.15) is 22.9 Å². The maximum Gasteiger partial charge on any atom is 0.143 e. The molecule has 4 nitrogen and oxygen atoms in total. The summed E-state index contributed by atoms with van der Waals surface area (Å²) in [4.78, 5) is 4.68. The number of rotatable bonds is 3. The molecule has 2 N–H and O–H groups in total. The van der Waals surface area contributed by atoms with Crippen LogP contribution in [0.4, 0.5) is 11.5 Å². The van der Waals surface area contributed by atoms with Gasteiger partial charge < -0.3 is 10.4 Å². The van der Waals surface area contributed by atoms with Gasteiger partial charge in [0.15, 0.2) is 0 Å². The Bertz CT molecular complexity index is 1120. The summed E-state index contributed by atoms with van der Waals surface area (Å²) in [6.45, 7) is 1.94. The van der Waals surface area contributed by atoms with Crippen LogP contribution in [0.5, 0.6) is 5.75 Å². The topological polar surface area (TPSA) is 49.6 Å². The second-order valence-corrected chi connectivity index (χ2v) is 6.78. The van der Waals surface area contributed by atoms with E-state index in [1.165, 1.54) is 0 Å². The van der Waals surface area contributed by atoms with Crippen LogP contribution in [0.15, 0.2) is 60.8 Å². The first-order valence-corrected chi connectivity index (χ1v) is 8.78. The van der Waals surface area contributed by atoms with Gasteiger partial charge in [0.2, 0.25) is 0 Å². The minimum absolute atomic E-state index is 0.160. The Morgan fingerprint density at radius 2 is 1.81 bits per heavy atom. The number of para-hydroxylation sites is 1. The molecule has 2 aromatic carbocycles. The fourth-order valence-corrected chi connectivity index (χ4v) is 3.21. The number of imidazole rings is 1. The van der Waals surface area contributed by atoms with Gasteiger partial charge >= 0.3 is 0 Å². The van der Waals surface area contributed by atoms with Crippen molar-refractivity contribution in [3.63, 3.8) is 0 Å². The molecule has 0 aliphatic heterocycles. The SMILES string of the molecule is Cc1c(Cl)cccc1Nc1c(-c2ccccc2O)nc2ccc(Cl)cn12. The van der Waals surface area contributed by atoms with E-state index in [1.54, 1.807) is 24.4 Å². The first-order chi connectivity index (χ1) is 12.5. The standard InChI is InChI=1S/C20H15Cl2N3O/c1-12-15(22)6-4-7-16(12)23-20-19(14-5-2-3-8-17(14)26)24-18-10-9-13(21)11-25(18)20/h2-11,23,26H,1H3. The predicted octanol–water partition coefficient (Wildman–Crippen LogP) is 6.07. The summed E-state index contributed by atoms with van der Waals surface area (Å²) in [6, 6.07) is 16.4. The molecular formula is C20H15Cl2N3O. The van der Waals surface area contributed by atoms with E-state index in [9.17, 15) is 5.11 Å². The molecule has 26 heavy (non-hydrogen) atoms. The van der Waals surface area contributed by atoms with Gasteiger partial charge in [-0.05, 0) is 48.9 Å². The molecule has 0 aliphatic rings. The first kappa shape index (κ1) is 16.8. The van der Waals surface area contributed by atoms with Crippen LogP contribution >= 0.6 is 23.2 Å². The minimum Gasteiger partial charge on any atom is -0.507 e. The zero-order valence-corrected chi connectivity index (χ0v) is 15.4. The average molecular weight is 384 g/mol. The fourth-order valence-electron chi connectivity index (χ4n) is 2.87. The number of hydrogen-bond acceptors (Lipinski definition) is 3. The van der Waals surface area contributed by atoms with Crippen molar-refractivity contribution in [2.75, 3.05) is 5.32 Å². The van der Waals surface area contributed by atoms with Gasteiger partial charge in [0.25, 0.3) is 0 Å².